The van der Waals surface area contributed by atoms with E-state index in [9.17, 15) is 4.79 Å². The first-order chi connectivity index (χ1) is 8.27. The standard InChI is InChI=1S/C13H19N3O.2ClH/c1-16(10-12-6-2-3-8-15-12)13(17)11-5-4-7-14-9-11;;/h2-3,6,8,11,14H,4-5,7,9-10H2,1H3;2*1H. The summed E-state index contributed by atoms with van der Waals surface area (Å²) >= 11 is 0. The number of nitrogens with zero attached hydrogens (tertiary/aromatic N) is 2. The number of carbonyl (C=O) groups is 1. The lowest BCUT2D eigenvalue weighted by atomic mass is 9.98. The SMILES string of the molecule is CN(Cc1ccccn1)C(=O)C1CCCNC1.Cl.Cl. The van der Waals surface area contributed by atoms with Crippen LogP contribution < -0.4 is 5.32 Å². The maximum Gasteiger partial charge on any atom is 0.227 e. The Morgan fingerprint density at radius 2 is 2.26 bits per heavy atom. The van der Waals surface area contributed by atoms with Gasteiger partial charge in [-0.05, 0) is 31.5 Å². The Labute approximate surface area is 126 Å². The molecule has 2 rings (SSSR count). The van der Waals surface area contributed by atoms with Crippen molar-refractivity contribution in [3.05, 3.63) is 30.1 Å². The third-order valence-corrected chi connectivity index (χ3v) is 3.15. The third kappa shape index (κ3) is 5.35. The Balaban J connectivity index is 0.00000162. The summed E-state index contributed by atoms with van der Waals surface area (Å²) in [6.07, 6.45) is 3.85. The van der Waals surface area contributed by atoms with Crippen LogP contribution in [0.25, 0.3) is 0 Å². The Bertz CT molecular complexity index is 369. The molecule has 0 aliphatic carbocycles. The van der Waals surface area contributed by atoms with Gasteiger partial charge in [-0.3, -0.25) is 9.78 Å². The molecule has 0 bridgehead atoms. The second-order valence-corrected chi connectivity index (χ2v) is 4.56. The number of rotatable bonds is 3. The maximum atomic E-state index is 12.2. The lowest BCUT2D eigenvalue weighted by Gasteiger charge is -2.26. The number of halogens is 2. The number of amides is 1. The smallest absolute Gasteiger partial charge is 0.227 e. The molecule has 1 saturated heterocycles. The molecular formula is C13H21Cl2N3O. The summed E-state index contributed by atoms with van der Waals surface area (Å²) in [6, 6.07) is 5.78. The quantitative estimate of drug-likeness (QED) is 0.927. The molecule has 1 unspecified atom stereocenters. The van der Waals surface area contributed by atoms with Gasteiger partial charge in [-0.2, -0.15) is 0 Å². The van der Waals surface area contributed by atoms with Crippen molar-refractivity contribution in [2.75, 3.05) is 20.1 Å². The van der Waals surface area contributed by atoms with Crippen LogP contribution in [0.5, 0.6) is 0 Å². The molecule has 1 aromatic heterocycles. The molecule has 0 aromatic carbocycles. The fourth-order valence-electron chi connectivity index (χ4n) is 2.19. The van der Waals surface area contributed by atoms with Crippen molar-refractivity contribution >= 4 is 30.7 Å². The van der Waals surface area contributed by atoms with Crippen LogP contribution in [0.4, 0.5) is 0 Å². The van der Waals surface area contributed by atoms with Gasteiger partial charge in [0.15, 0.2) is 0 Å². The first kappa shape index (κ1) is 18.2. The van der Waals surface area contributed by atoms with E-state index >= 15 is 0 Å². The molecule has 19 heavy (non-hydrogen) atoms. The Morgan fingerprint density at radius 1 is 1.47 bits per heavy atom. The molecule has 1 N–H and O–H groups in total. The highest BCUT2D eigenvalue weighted by atomic mass is 35.5. The minimum absolute atomic E-state index is 0. The largest absolute Gasteiger partial charge is 0.340 e. The van der Waals surface area contributed by atoms with E-state index in [1.54, 1.807) is 11.1 Å². The average Bonchev–Trinajstić information content (AvgIpc) is 2.40. The van der Waals surface area contributed by atoms with Crippen molar-refractivity contribution in [3.8, 4) is 0 Å². The van der Waals surface area contributed by atoms with Gasteiger partial charge in [0.1, 0.15) is 0 Å². The monoisotopic (exact) mass is 305 g/mol. The summed E-state index contributed by atoms with van der Waals surface area (Å²) in [7, 11) is 1.85. The van der Waals surface area contributed by atoms with E-state index in [0.29, 0.717) is 6.54 Å². The molecule has 0 spiro atoms. The normalized spacial score (nSPS) is 17.8. The van der Waals surface area contributed by atoms with Crippen LogP contribution in [0.2, 0.25) is 0 Å². The van der Waals surface area contributed by atoms with Gasteiger partial charge in [-0.25, -0.2) is 0 Å². The number of nitrogens with one attached hydrogen (secondary N) is 1. The first-order valence-corrected chi connectivity index (χ1v) is 6.13. The minimum Gasteiger partial charge on any atom is -0.340 e. The average molecular weight is 306 g/mol. The van der Waals surface area contributed by atoms with Crippen molar-refractivity contribution in [1.82, 2.24) is 15.2 Å². The van der Waals surface area contributed by atoms with Crippen LogP contribution in [-0.4, -0.2) is 35.9 Å². The second-order valence-electron chi connectivity index (χ2n) is 4.56. The van der Waals surface area contributed by atoms with Crippen LogP contribution in [0.1, 0.15) is 18.5 Å². The molecular weight excluding hydrogens is 285 g/mol. The number of hydrogen-bond acceptors (Lipinski definition) is 3. The molecule has 4 nitrogen and oxygen atoms in total. The molecule has 1 aliphatic heterocycles. The Kier molecular flexibility index (Phi) is 8.72. The van der Waals surface area contributed by atoms with Crippen molar-refractivity contribution in [2.24, 2.45) is 5.92 Å². The van der Waals surface area contributed by atoms with E-state index in [4.69, 9.17) is 0 Å². The van der Waals surface area contributed by atoms with E-state index in [0.717, 1.165) is 31.6 Å². The fourth-order valence-corrected chi connectivity index (χ4v) is 2.19. The number of carbonyl (C=O) groups excluding carboxylic acids is 1. The lowest BCUT2D eigenvalue weighted by Crippen LogP contribution is -2.41. The van der Waals surface area contributed by atoms with E-state index in [1.165, 1.54) is 0 Å². The summed E-state index contributed by atoms with van der Waals surface area (Å²) in [4.78, 5) is 18.2. The maximum absolute atomic E-state index is 12.2. The number of piperidine rings is 1. The van der Waals surface area contributed by atoms with Gasteiger partial charge in [-0.1, -0.05) is 6.07 Å². The molecule has 2 heterocycles. The molecule has 1 atom stereocenters. The first-order valence-electron chi connectivity index (χ1n) is 6.13. The third-order valence-electron chi connectivity index (χ3n) is 3.15. The molecule has 1 aromatic rings. The van der Waals surface area contributed by atoms with Crippen molar-refractivity contribution in [1.29, 1.82) is 0 Å². The van der Waals surface area contributed by atoms with Crippen molar-refractivity contribution < 1.29 is 4.79 Å². The van der Waals surface area contributed by atoms with Gasteiger partial charge in [0.2, 0.25) is 5.91 Å². The van der Waals surface area contributed by atoms with Gasteiger partial charge in [0.05, 0.1) is 18.2 Å². The number of hydrogen-bond donors (Lipinski definition) is 1. The van der Waals surface area contributed by atoms with Crippen LogP contribution in [0, 0.1) is 5.92 Å². The van der Waals surface area contributed by atoms with E-state index in [1.807, 2.05) is 25.2 Å². The molecule has 1 aliphatic rings. The molecule has 0 saturated carbocycles. The zero-order valence-electron chi connectivity index (χ0n) is 11.0. The minimum atomic E-state index is 0. The summed E-state index contributed by atoms with van der Waals surface area (Å²) in [6.45, 7) is 2.44. The zero-order valence-corrected chi connectivity index (χ0v) is 12.7. The summed E-state index contributed by atoms with van der Waals surface area (Å²) in [5.41, 5.74) is 0.937. The molecule has 6 heteroatoms. The van der Waals surface area contributed by atoms with Gasteiger partial charge >= 0.3 is 0 Å². The van der Waals surface area contributed by atoms with Crippen molar-refractivity contribution in [2.45, 2.75) is 19.4 Å². The topological polar surface area (TPSA) is 45.2 Å². The molecule has 0 radical (unpaired) electrons. The zero-order chi connectivity index (χ0) is 12.1. The van der Waals surface area contributed by atoms with Crippen LogP contribution in [0.15, 0.2) is 24.4 Å². The fraction of sp³-hybridized carbons (Fsp3) is 0.538. The van der Waals surface area contributed by atoms with Gasteiger partial charge in [-0.15, -0.1) is 24.8 Å². The molecule has 1 fully saturated rings. The molecule has 1 amide bonds. The van der Waals surface area contributed by atoms with Crippen LogP contribution >= 0.6 is 24.8 Å². The summed E-state index contributed by atoms with van der Waals surface area (Å²) in [5, 5.41) is 3.27. The Morgan fingerprint density at radius 3 is 2.84 bits per heavy atom. The molecule has 108 valence electrons. The van der Waals surface area contributed by atoms with E-state index < -0.39 is 0 Å². The van der Waals surface area contributed by atoms with Gasteiger partial charge in [0, 0.05) is 19.8 Å². The predicted molar refractivity (Wildman–Crippen MR) is 80.8 cm³/mol. The van der Waals surface area contributed by atoms with Gasteiger partial charge < -0.3 is 10.2 Å². The highest BCUT2D eigenvalue weighted by Gasteiger charge is 2.23. The second kappa shape index (κ2) is 9.13. The van der Waals surface area contributed by atoms with E-state index in [-0.39, 0.29) is 36.6 Å². The lowest BCUT2D eigenvalue weighted by molar-refractivity contribution is -0.135. The van der Waals surface area contributed by atoms with Crippen molar-refractivity contribution in [3.63, 3.8) is 0 Å². The predicted octanol–water partition coefficient (Wildman–Crippen LogP) is 1.88. The van der Waals surface area contributed by atoms with E-state index in [2.05, 4.69) is 10.3 Å². The van der Waals surface area contributed by atoms with Gasteiger partial charge in [0.25, 0.3) is 0 Å². The van der Waals surface area contributed by atoms with Crippen LogP contribution in [-0.2, 0) is 11.3 Å². The number of aromatic nitrogens is 1. The summed E-state index contributed by atoms with van der Waals surface area (Å²) in [5.74, 6) is 0.361. The Hall–Kier alpha value is -0.840. The highest BCUT2D eigenvalue weighted by Crippen LogP contribution is 2.13. The number of pyridine rings is 1. The summed E-state index contributed by atoms with van der Waals surface area (Å²) < 4.78 is 0. The highest BCUT2D eigenvalue weighted by molar-refractivity contribution is 5.85. The van der Waals surface area contributed by atoms with Crippen LogP contribution in [0.3, 0.4) is 0 Å².